The molecule has 0 heterocycles. The maximum atomic E-state index is 12.9. The van der Waals surface area contributed by atoms with Crippen molar-refractivity contribution in [3.63, 3.8) is 0 Å². The van der Waals surface area contributed by atoms with Crippen molar-refractivity contribution in [3.8, 4) is 5.75 Å². The molecule has 0 fully saturated rings. The van der Waals surface area contributed by atoms with Crippen LogP contribution in [0.5, 0.6) is 5.75 Å². The Morgan fingerprint density at radius 3 is 1.65 bits per heavy atom. The molecule has 0 aliphatic rings. The molecule has 1 rings (SSSR count). The molecule has 0 bridgehead atoms. The second kappa shape index (κ2) is 14.9. The minimum absolute atomic E-state index is 0.00986. The van der Waals surface area contributed by atoms with Crippen molar-refractivity contribution >= 4 is 0 Å². The summed E-state index contributed by atoms with van der Waals surface area (Å²) in [6.45, 7) is 13.4. The third kappa shape index (κ3) is 7.72. The summed E-state index contributed by atoms with van der Waals surface area (Å²) in [5, 5.41) is 0. The molecule has 1 aromatic rings. The predicted molar refractivity (Wildman–Crippen MR) is 71.7 cm³/mol. The van der Waals surface area contributed by atoms with E-state index in [0.29, 0.717) is 0 Å². The van der Waals surface area contributed by atoms with Crippen LogP contribution in [0.25, 0.3) is 0 Å². The summed E-state index contributed by atoms with van der Waals surface area (Å²) < 4.78 is 30.1. The molecule has 0 saturated heterocycles. The van der Waals surface area contributed by atoms with Gasteiger partial charge in [0.2, 0.25) is 0 Å². The minimum atomic E-state index is -0.632. The molecule has 0 aliphatic carbocycles. The number of methoxy groups -OCH3 is 1. The second-order valence-electron chi connectivity index (χ2n) is 2.19. The number of halogens is 2. The Hall–Kier alpha value is -1.12. The van der Waals surface area contributed by atoms with Crippen LogP contribution >= 0.6 is 0 Å². The molecule has 0 aliphatic heterocycles. The lowest BCUT2D eigenvalue weighted by atomic mass is 10.2. The van der Waals surface area contributed by atoms with Gasteiger partial charge in [-0.05, 0) is 19.1 Å². The van der Waals surface area contributed by atoms with Gasteiger partial charge in [0.25, 0.3) is 0 Å². The van der Waals surface area contributed by atoms with Gasteiger partial charge >= 0.3 is 0 Å². The predicted octanol–water partition coefficient (Wildman–Crippen LogP) is 5.36. The molecule has 0 N–H and O–H groups in total. The number of ether oxygens (including phenoxy) is 1. The first-order chi connectivity index (χ1) is 8.16. The van der Waals surface area contributed by atoms with E-state index in [-0.39, 0.29) is 11.3 Å². The van der Waals surface area contributed by atoms with Crippen molar-refractivity contribution in [3.05, 3.63) is 29.3 Å². The Morgan fingerprint density at radius 1 is 0.882 bits per heavy atom. The van der Waals surface area contributed by atoms with E-state index < -0.39 is 11.6 Å². The normalized spacial score (nSPS) is 7.41. The van der Waals surface area contributed by atoms with E-state index in [9.17, 15) is 8.78 Å². The lowest BCUT2D eigenvalue weighted by Crippen LogP contribution is -1.93. The molecule has 0 unspecified atom stereocenters. The molecular formula is C14H26F2O. The van der Waals surface area contributed by atoms with Gasteiger partial charge in [-0.3, -0.25) is 0 Å². The van der Waals surface area contributed by atoms with Gasteiger partial charge in [-0.25, -0.2) is 8.78 Å². The van der Waals surface area contributed by atoms with Gasteiger partial charge < -0.3 is 4.74 Å². The van der Waals surface area contributed by atoms with E-state index in [4.69, 9.17) is 0 Å². The van der Waals surface area contributed by atoms with E-state index in [1.54, 1.807) is 0 Å². The maximum absolute atomic E-state index is 12.9. The zero-order chi connectivity index (χ0) is 14.4. The van der Waals surface area contributed by atoms with E-state index in [1.807, 2.05) is 41.5 Å². The molecule has 0 saturated carbocycles. The van der Waals surface area contributed by atoms with Crippen LogP contribution in [0.1, 0.15) is 47.1 Å². The number of rotatable bonds is 1. The minimum Gasteiger partial charge on any atom is -0.494 e. The van der Waals surface area contributed by atoms with Gasteiger partial charge in [-0.2, -0.15) is 0 Å². The fourth-order valence-electron chi connectivity index (χ4n) is 0.794. The Morgan fingerprint density at radius 2 is 1.29 bits per heavy atom. The number of hydrogen-bond acceptors (Lipinski definition) is 1. The summed E-state index contributed by atoms with van der Waals surface area (Å²) >= 11 is 0. The average Bonchev–Trinajstić information content (AvgIpc) is 2.43. The summed E-state index contributed by atoms with van der Waals surface area (Å²) in [5.41, 5.74) is -0.00986. The van der Waals surface area contributed by atoms with Gasteiger partial charge in [0, 0.05) is 5.56 Å². The SMILES string of the molecule is CC.CC.CC.COc1ccc(F)c(C)c1F. The van der Waals surface area contributed by atoms with Crippen molar-refractivity contribution in [2.24, 2.45) is 0 Å². The molecule has 0 atom stereocenters. The maximum Gasteiger partial charge on any atom is 0.170 e. The standard InChI is InChI=1S/C8H8F2O.3C2H6/c1-5-6(9)3-4-7(11-2)8(5)10;3*1-2/h3-4H,1-2H3;3*1-2H3. The van der Waals surface area contributed by atoms with Crippen molar-refractivity contribution < 1.29 is 13.5 Å². The fraction of sp³-hybridized carbons (Fsp3) is 0.571. The van der Waals surface area contributed by atoms with Crippen LogP contribution in [0.2, 0.25) is 0 Å². The third-order valence-corrected chi connectivity index (χ3v) is 1.50. The van der Waals surface area contributed by atoms with Crippen LogP contribution in [0.15, 0.2) is 12.1 Å². The zero-order valence-electron chi connectivity index (χ0n) is 12.3. The average molecular weight is 248 g/mol. The highest BCUT2D eigenvalue weighted by Crippen LogP contribution is 2.21. The van der Waals surface area contributed by atoms with Crippen LogP contribution in [-0.4, -0.2) is 7.11 Å². The smallest absolute Gasteiger partial charge is 0.170 e. The fourth-order valence-corrected chi connectivity index (χ4v) is 0.794. The Labute approximate surface area is 105 Å². The molecule has 102 valence electrons. The molecule has 0 radical (unpaired) electrons. The van der Waals surface area contributed by atoms with Crippen molar-refractivity contribution in [2.75, 3.05) is 7.11 Å². The largest absolute Gasteiger partial charge is 0.494 e. The number of benzene rings is 1. The summed E-state index contributed by atoms with van der Waals surface area (Å²) in [4.78, 5) is 0. The van der Waals surface area contributed by atoms with Crippen LogP contribution in [0.3, 0.4) is 0 Å². The van der Waals surface area contributed by atoms with Gasteiger partial charge in [-0.1, -0.05) is 41.5 Å². The van der Waals surface area contributed by atoms with E-state index in [0.717, 1.165) is 0 Å². The van der Waals surface area contributed by atoms with Crippen LogP contribution in [-0.2, 0) is 0 Å². The topological polar surface area (TPSA) is 9.23 Å². The van der Waals surface area contributed by atoms with E-state index in [2.05, 4.69) is 4.74 Å². The molecular weight excluding hydrogens is 222 g/mol. The highest BCUT2D eigenvalue weighted by Gasteiger charge is 2.08. The Balaban J connectivity index is -0.000000285. The van der Waals surface area contributed by atoms with Gasteiger partial charge in [-0.15, -0.1) is 0 Å². The summed E-state index contributed by atoms with van der Waals surface area (Å²) in [5.74, 6) is -1.11. The number of hydrogen-bond donors (Lipinski definition) is 0. The van der Waals surface area contributed by atoms with Crippen molar-refractivity contribution in [1.29, 1.82) is 0 Å². The Bertz CT molecular complexity index is 273. The molecule has 0 aromatic heterocycles. The first kappa shape index (κ1) is 21.2. The Kier molecular flexibility index (Phi) is 18.6. The monoisotopic (exact) mass is 248 g/mol. The van der Waals surface area contributed by atoms with Gasteiger partial charge in [0.1, 0.15) is 5.82 Å². The molecule has 1 aromatic carbocycles. The zero-order valence-corrected chi connectivity index (χ0v) is 12.3. The summed E-state index contributed by atoms with van der Waals surface area (Å²) in [6.07, 6.45) is 0. The quantitative estimate of drug-likeness (QED) is 0.650. The van der Waals surface area contributed by atoms with Crippen molar-refractivity contribution in [1.82, 2.24) is 0 Å². The summed E-state index contributed by atoms with van der Waals surface area (Å²) in [7, 11) is 1.34. The van der Waals surface area contributed by atoms with Gasteiger partial charge in [0.05, 0.1) is 7.11 Å². The molecule has 17 heavy (non-hydrogen) atoms. The molecule has 3 heteroatoms. The van der Waals surface area contributed by atoms with E-state index >= 15 is 0 Å². The molecule has 0 amide bonds. The first-order valence-electron chi connectivity index (χ1n) is 6.15. The lowest BCUT2D eigenvalue weighted by molar-refractivity contribution is 0.382. The van der Waals surface area contributed by atoms with E-state index in [1.165, 1.54) is 26.2 Å². The third-order valence-electron chi connectivity index (χ3n) is 1.50. The molecule has 1 nitrogen and oxygen atoms in total. The lowest BCUT2D eigenvalue weighted by Gasteiger charge is -2.03. The van der Waals surface area contributed by atoms with Crippen LogP contribution < -0.4 is 4.74 Å². The summed E-state index contributed by atoms with van der Waals surface area (Å²) in [6, 6.07) is 2.44. The highest BCUT2D eigenvalue weighted by molar-refractivity contribution is 5.31. The molecule has 0 spiro atoms. The highest BCUT2D eigenvalue weighted by atomic mass is 19.1. The second-order valence-corrected chi connectivity index (χ2v) is 2.19. The van der Waals surface area contributed by atoms with Crippen LogP contribution in [0.4, 0.5) is 8.78 Å². The first-order valence-corrected chi connectivity index (χ1v) is 6.15. The van der Waals surface area contributed by atoms with Gasteiger partial charge in [0.15, 0.2) is 11.6 Å². The van der Waals surface area contributed by atoms with Crippen LogP contribution in [0, 0.1) is 18.6 Å². The van der Waals surface area contributed by atoms with Crippen molar-refractivity contribution in [2.45, 2.75) is 48.5 Å².